The van der Waals surface area contributed by atoms with Crippen molar-refractivity contribution >= 4 is 23.4 Å². The average Bonchev–Trinajstić information content (AvgIpc) is 2.90. The van der Waals surface area contributed by atoms with E-state index in [-0.39, 0.29) is 0 Å². The van der Waals surface area contributed by atoms with Crippen molar-refractivity contribution < 1.29 is 4.74 Å². The van der Waals surface area contributed by atoms with E-state index in [4.69, 9.17) is 16.3 Å². The maximum Gasteiger partial charge on any atom is 0.119 e. The molecule has 1 N–H and O–H groups in total. The zero-order valence-corrected chi connectivity index (χ0v) is 12.3. The van der Waals surface area contributed by atoms with Gasteiger partial charge in [-0.3, -0.25) is 0 Å². The van der Waals surface area contributed by atoms with Crippen LogP contribution in [0.1, 0.15) is 13.3 Å². The molecule has 1 heterocycles. The Morgan fingerprint density at radius 3 is 2.83 bits per heavy atom. The normalized spacial score (nSPS) is 20.9. The predicted octanol–water partition coefficient (Wildman–Crippen LogP) is 3.45. The van der Waals surface area contributed by atoms with Crippen molar-refractivity contribution in [3.8, 4) is 5.75 Å². The first-order chi connectivity index (χ1) is 8.79. The van der Waals surface area contributed by atoms with Crippen LogP contribution in [-0.4, -0.2) is 30.7 Å². The molecule has 1 aliphatic rings. The number of rotatable bonds is 6. The highest BCUT2D eigenvalue weighted by molar-refractivity contribution is 7.99. The van der Waals surface area contributed by atoms with Crippen LogP contribution in [0.2, 0.25) is 5.02 Å². The Balaban J connectivity index is 1.97. The van der Waals surface area contributed by atoms with Crippen molar-refractivity contribution in [1.29, 1.82) is 0 Å². The molecule has 0 bridgehead atoms. The molecular formula is C14H20ClNOS. The SMILES string of the molecule is CCSC[C@H](Oc1ccc(Cl)cc1)C1CCNC1. The van der Waals surface area contributed by atoms with Crippen molar-refractivity contribution in [3.63, 3.8) is 0 Å². The minimum Gasteiger partial charge on any atom is -0.489 e. The van der Waals surface area contributed by atoms with Gasteiger partial charge in [0, 0.05) is 23.2 Å². The molecule has 1 fully saturated rings. The molecule has 0 saturated carbocycles. The first-order valence-corrected chi connectivity index (χ1v) is 8.03. The summed E-state index contributed by atoms with van der Waals surface area (Å²) >= 11 is 7.84. The van der Waals surface area contributed by atoms with E-state index in [2.05, 4.69) is 12.2 Å². The van der Waals surface area contributed by atoms with Gasteiger partial charge in [0.25, 0.3) is 0 Å². The number of nitrogens with one attached hydrogen (secondary N) is 1. The fourth-order valence-corrected chi connectivity index (χ4v) is 3.12. The number of hydrogen-bond acceptors (Lipinski definition) is 3. The topological polar surface area (TPSA) is 21.3 Å². The number of ether oxygens (including phenoxy) is 1. The van der Waals surface area contributed by atoms with Gasteiger partial charge in [-0.25, -0.2) is 0 Å². The molecular weight excluding hydrogens is 266 g/mol. The first kappa shape index (κ1) is 14.0. The van der Waals surface area contributed by atoms with E-state index in [1.165, 1.54) is 6.42 Å². The molecule has 1 unspecified atom stereocenters. The molecule has 0 amide bonds. The molecule has 0 spiro atoms. The Morgan fingerprint density at radius 2 is 2.22 bits per heavy atom. The summed E-state index contributed by atoms with van der Waals surface area (Å²) in [5, 5.41) is 4.17. The molecule has 2 atom stereocenters. The van der Waals surface area contributed by atoms with Crippen molar-refractivity contribution in [2.45, 2.75) is 19.4 Å². The van der Waals surface area contributed by atoms with Gasteiger partial charge in [0.1, 0.15) is 11.9 Å². The second-order valence-electron chi connectivity index (χ2n) is 4.52. The van der Waals surface area contributed by atoms with Crippen LogP contribution >= 0.6 is 23.4 Å². The van der Waals surface area contributed by atoms with Gasteiger partial charge < -0.3 is 10.1 Å². The lowest BCUT2D eigenvalue weighted by atomic mass is 10.0. The maximum atomic E-state index is 6.14. The van der Waals surface area contributed by atoms with Crippen LogP contribution in [0.15, 0.2) is 24.3 Å². The summed E-state index contributed by atoms with van der Waals surface area (Å²) in [4.78, 5) is 0. The van der Waals surface area contributed by atoms with Crippen LogP contribution in [-0.2, 0) is 0 Å². The van der Waals surface area contributed by atoms with Gasteiger partial charge in [-0.1, -0.05) is 18.5 Å². The highest BCUT2D eigenvalue weighted by atomic mass is 35.5. The fraction of sp³-hybridized carbons (Fsp3) is 0.571. The minimum atomic E-state index is 0.297. The second-order valence-corrected chi connectivity index (χ2v) is 6.28. The summed E-state index contributed by atoms with van der Waals surface area (Å²) in [5.74, 6) is 3.75. The van der Waals surface area contributed by atoms with Gasteiger partial charge in [-0.05, 0) is 43.0 Å². The molecule has 0 aromatic heterocycles. The Bertz CT molecular complexity index is 351. The third kappa shape index (κ3) is 4.08. The largest absolute Gasteiger partial charge is 0.489 e. The van der Waals surface area contributed by atoms with Gasteiger partial charge in [0.05, 0.1) is 0 Å². The Labute approximate surface area is 118 Å². The van der Waals surface area contributed by atoms with Gasteiger partial charge in [0.2, 0.25) is 0 Å². The lowest BCUT2D eigenvalue weighted by Crippen LogP contribution is -2.31. The molecule has 0 aliphatic carbocycles. The zero-order valence-electron chi connectivity index (χ0n) is 10.7. The quantitative estimate of drug-likeness (QED) is 0.865. The lowest BCUT2D eigenvalue weighted by molar-refractivity contribution is 0.165. The lowest BCUT2D eigenvalue weighted by Gasteiger charge is -2.24. The van der Waals surface area contributed by atoms with Crippen LogP contribution in [0, 0.1) is 5.92 Å². The standard InChI is InChI=1S/C14H20ClNOS/c1-2-18-10-14(11-7-8-16-9-11)17-13-5-3-12(15)4-6-13/h3-6,11,14,16H,2,7-10H2,1H3/t11?,14-/m0/s1. The maximum absolute atomic E-state index is 6.14. The third-order valence-corrected chi connectivity index (χ3v) is 4.44. The van der Waals surface area contributed by atoms with Gasteiger partial charge in [-0.2, -0.15) is 11.8 Å². The molecule has 0 radical (unpaired) electrons. The zero-order chi connectivity index (χ0) is 12.8. The number of benzene rings is 1. The Morgan fingerprint density at radius 1 is 1.44 bits per heavy atom. The molecule has 1 aromatic carbocycles. The number of thioether (sulfide) groups is 1. The second kappa shape index (κ2) is 7.27. The molecule has 1 aromatic rings. The van der Waals surface area contributed by atoms with Crippen LogP contribution in [0.4, 0.5) is 0 Å². The Kier molecular flexibility index (Phi) is 5.67. The molecule has 1 saturated heterocycles. The minimum absolute atomic E-state index is 0.297. The van der Waals surface area contributed by atoms with E-state index in [1.54, 1.807) is 0 Å². The van der Waals surface area contributed by atoms with Crippen LogP contribution in [0.25, 0.3) is 0 Å². The summed E-state index contributed by atoms with van der Waals surface area (Å²) in [6, 6.07) is 7.67. The van der Waals surface area contributed by atoms with E-state index in [1.807, 2.05) is 36.0 Å². The highest BCUT2D eigenvalue weighted by Crippen LogP contribution is 2.24. The third-order valence-electron chi connectivity index (χ3n) is 3.21. The molecule has 4 heteroatoms. The molecule has 1 aliphatic heterocycles. The van der Waals surface area contributed by atoms with Gasteiger partial charge in [-0.15, -0.1) is 0 Å². The van der Waals surface area contributed by atoms with Crippen molar-refractivity contribution in [2.24, 2.45) is 5.92 Å². The van der Waals surface area contributed by atoms with Gasteiger partial charge >= 0.3 is 0 Å². The molecule has 100 valence electrons. The van der Waals surface area contributed by atoms with Crippen LogP contribution < -0.4 is 10.1 Å². The fourth-order valence-electron chi connectivity index (χ4n) is 2.18. The van der Waals surface area contributed by atoms with E-state index in [9.17, 15) is 0 Å². The smallest absolute Gasteiger partial charge is 0.119 e. The summed E-state index contributed by atoms with van der Waals surface area (Å²) in [6.07, 6.45) is 1.51. The first-order valence-electron chi connectivity index (χ1n) is 6.50. The van der Waals surface area contributed by atoms with Crippen molar-refractivity contribution in [2.75, 3.05) is 24.6 Å². The molecule has 2 rings (SSSR count). The summed E-state index contributed by atoms with van der Waals surface area (Å²) in [5.41, 5.74) is 0. The van der Waals surface area contributed by atoms with E-state index < -0.39 is 0 Å². The van der Waals surface area contributed by atoms with Crippen molar-refractivity contribution in [1.82, 2.24) is 5.32 Å². The number of halogens is 1. The summed E-state index contributed by atoms with van der Waals surface area (Å²) in [6.45, 7) is 4.38. The molecule has 18 heavy (non-hydrogen) atoms. The van der Waals surface area contributed by atoms with Crippen LogP contribution in [0.3, 0.4) is 0 Å². The highest BCUT2D eigenvalue weighted by Gasteiger charge is 2.26. The Hall–Kier alpha value is -0.380. The van der Waals surface area contributed by atoms with Crippen molar-refractivity contribution in [3.05, 3.63) is 29.3 Å². The average molecular weight is 286 g/mol. The van der Waals surface area contributed by atoms with E-state index in [0.717, 1.165) is 35.4 Å². The summed E-state index contributed by atoms with van der Waals surface area (Å²) in [7, 11) is 0. The monoisotopic (exact) mass is 285 g/mol. The van der Waals surface area contributed by atoms with E-state index in [0.29, 0.717) is 12.0 Å². The van der Waals surface area contributed by atoms with Crippen LogP contribution in [0.5, 0.6) is 5.75 Å². The van der Waals surface area contributed by atoms with E-state index >= 15 is 0 Å². The predicted molar refractivity (Wildman–Crippen MR) is 79.8 cm³/mol. The summed E-state index contributed by atoms with van der Waals surface area (Å²) < 4.78 is 6.14. The van der Waals surface area contributed by atoms with Gasteiger partial charge in [0.15, 0.2) is 0 Å². The molecule has 2 nitrogen and oxygen atoms in total. The number of hydrogen-bond donors (Lipinski definition) is 1.